The molecular weight excluding hydrogens is 152 g/mol. The van der Waals surface area contributed by atoms with Crippen molar-refractivity contribution in [2.45, 2.75) is 13.8 Å². The zero-order valence-electron chi connectivity index (χ0n) is 7.53. The second kappa shape index (κ2) is 3.34. The van der Waals surface area contributed by atoms with Gasteiger partial charge in [-0.25, -0.2) is 4.98 Å². The van der Waals surface area contributed by atoms with Crippen LogP contribution in [0.1, 0.15) is 19.5 Å². The van der Waals surface area contributed by atoms with Crippen molar-refractivity contribution in [2.75, 3.05) is 0 Å². The molecule has 0 amide bonds. The van der Waals surface area contributed by atoms with Gasteiger partial charge >= 0.3 is 0 Å². The molecule has 0 unspecified atom stereocenters. The number of imidazole rings is 1. The van der Waals surface area contributed by atoms with Gasteiger partial charge in [0.15, 0.2) is 5.78 Å². The van der Waals surface area contributed by atoms with Gasteiger partial charge < -0.3 is 4.57 Å². The van der Waals surface area contributed by atoms with Gasteiger partial charge in [0.25, 0.3) is 0 Å². The van der Waals surface area contributed by atoms with Crippen LogP contribution in [0, 0.1) is 0 Å². The van der Waals surface area contributed by atoms with Crippen molar-refractivity contribution in [1.82, 2.24) is 9.55 Å². The number of carbonyl (C=O) groups is 1. The summed E-state index contributed by atoms with van der Waals surface area (Å²) >= 11 is 0. The number of aryl methyl sites for hydroxylation is 1. The van der Waals surface area contributed by atoms with Gasteiger partial charge in [-0.05, 0) is 25.5 Å². The molecule has 0 spiro atoms. The van der Waals surface area contributed by atoms with Crippen molar-refractivity contribution in [1.29, 1.82) is 0 Å². The fraction of sp³-hybridized carbons (Fsp3) is 0.333. The summed E-state index contributed by atoms with van der Waals surface area (Å²) in [5.74, 6) is 0.0937. The molecule has 12 heavy (non-hydrogen) atoms. The number of carbonyl (C=O) groups excluding carboxylic acids is 1. The van der Waals surface area contributed by atoms with E-state index in [-0.39, 0.29) is 5.78 Å². The number of Topliss-reactive ketones (excluding diaryl/α,β-unsaturated/α-hetero) is 1. The Balaban J connectivity index is 2.95. The Hall–Kier alpha value is -1.38. The van der Waals surface area contributed by atoms with Gasteiger partial charge in [-0.1, -0.05) is 0 Å². The van der Waals surface area contributed by atoms with Gasteiger partial charge in [-0.15, -0.1) is 0 Å². The largest absolute Gasteiger partial charge is 0.334 e. The lowest BCUT2D eigenvalue weighted by Gasteiger charge is -1.96. The van der Waals surface area contributed by atoms with Crippen molar-refractivity contribution < 1.29 is 4.79 Å². The molecule has 0 bridgehead atoms. The molecule has 64 valence electrons. The van der Waals surface area contributed by atoms with E-state index in [1.165, 1.54) is 0 Å². The zero-order valence-corrected chi connectivity index (χ0v) is 7.53. The highest BCUT2D eigenvalue weighted by Crippen LogP contribution is 2.04. The minimum Gasteiger partial charge on any atom is -0.334 e. The number of ketones is 1. The van der Waals surface area contributed by atoms with E-state index in [1.807, 2.05) is 17.7 Å². The van der Waals surface area contributed by atoms with Gasteiger partial charge in [0.1, 0.15) is 0 Å². The molecule has 0 aromatic carbocycles. The standard InChI is InChI=1S/C9H12N2O/c1-7(8(2)12)4-9-5-10-6-11(9)3/h4-6H,1-3H3. The number of hydrogen-bond acceptors (Lipinski definition) is 2. The van der Waals surface area contributed by atoms with Crippen molar-refractivity contribution >= 4 is 11.9 Å². The van der Waals surface area contributed by atoms with Crippen LogP contribution >= 0.6 is 0 Å². The Morgan fingerprint density at radius 3 is 2.67 bits per heavy atom. The van der Waals surface area contributed by atoms with E-state index in [0.717, 1.165) is 11.3 Å². The van der Waals surface area contributed by atoms with Crippen molar-refractivity contribution in [3.05, 3.63) is 23.8 Å². The third-order valence-electron chi connectivity index (χ3n) is 1.77. The average molecular weight is 164 g/mol. The van der Waals surface area contributed by atoms with Crippen molar-refractivity contribution in [2.24, 2.45) is 7.05 Å². The summed E-state index contributed by atoms with van der Waals surface area (Å²) in [6.45, 7) is 3.36. The maximum atomic E-state index is 10.9. The molecule has 1 aromatic heterocycles. The molecule has 3 heteroatoms. The summed E-state index contributed by atoms with van der Waals surface area (Å²) in [4.78, 5) is 14.8. The van der Waals surface area contributed by atoms with Crippen LogP contribution in [-0.4, -0.2) is 15.3 Å². The third kappa shape index (κ3) is 1.81. The molecule has 0 atom stereocenters. The molecule has 0 N–H and O–H groups in total. The second-order valence-electron chi connectivity index (χ2n) is 2.81. The van der Waals surface area contributed by atoms with Crippen LogP contribution < -0.4 is 0 Å². The number of allylic oxidation sites excluding steroid dienone is 1. The molecule has 0 aliphatic rings. The lowest BCUT2D eigenvalue weighted by molar-refractivity contribution is -0.113. The Morgan fingerprint density at radius 2 is 2.25 bits per heavy atom. The molecule has 0 radical (unpaired) electrons. The number of aromatic nitrogens is 2. The highest BCUT2D eigenvalue weighted by Gasteiger charge is 1.98. The first-order valence-corrected chi connectivity index (χ1v) is 3.77. The van der Waals surface area contributed by atoms with E-state index in [1.54, 1.807) is 26.4 Å². The molecule has 0 aliphatic carbocycles. The van der Waals surface area contributed by atoms with E-state index in [0.29, 0.717) is 0 Å². The first-order chi connectivity index (χ1) is 5.61. The average Bonchev–Trinajstić information content (AvgIpc) is 2.36. The topological polar surface area (TPSA) is 34.9 Å². The Kier molecular flexibility index (Phi) is 2.43. The van der Waals surface area contributed by atoms with Crippen LogP contribution in [0.3, 0.4) is 0 Å². The molecule has 0 fully saturated rings. The molecule has 1 heterocycles. The summed E-state index contributed by atoms with van der Waals surface area (Å²) in [6, 6.07) is 0. The van der Waals surface area contributed by atoms with E-state index in [2.05, 4.69) is 4.98 Å². The number of nitrogens with zero attached hydrogens (tertiary/aromatic N) is 2. The number of hydrogen-bond donors (Lipinski definition) is 0. The Morgan fingerprint density at radius 1 is 1.58 bits per heavy atom. The van der Waals surface area contributed by atoms with Crippen molar-refractivity contribution in [3.8, 4) is 0 Å². The van der Waals surface area contributed by atoms with Crippen LogP contribution in [0.4, 0.5) is 0 Å². The summed E-state index contributed by atoms with van der Waals surface area (Å²) in [6.07, 6.45) is 5.26. The second-order valence-corrected chi connectivity index (χ2v) is 2.81. The summed E-state index contributed by atoms with van der Waals surface area (Å²) in [7, 11) is 1.90. The Bertz CT molecular complexity index is 323. The van der Waals surface area contributed by atoms with Crippen LogP contribution in [0.2, 0.25) is 0 Å². The smallest absolute Gasteiger partial charge is 0.155 e. The first-order valence-electron chi connectivity index (χ1n) is 3.77. The minimum absolute atomic E-state index is 0.0937. The number of rotatable bonds is 2. The Labute approximate surface area is 71.7 Å². The maximum absolute atomic E-state index is 10.9. The van der Waals surface area contributed by atoms with Crippen LogP contribution in [0.5, 0.6) is 0 Å². The zero-order chi connectivity index (χ0) is 9.14. The highest BCUT2D eigenvalue weighted by molar-refractivity contribution is 5.96. The van der Waals surface area contributed by atoms with Gasteiger partial charge in [-0.2, -0.15) is 0 Å². The van der Waals surface area contributed by atoms with Gasteiger partial charge in [0.2, 0.25) is 0 Å². The molecule has 1 aromatic rings. The van der Waals surface area contributed by atoms with Gasteiger partial charge in [-0.3, -0.25) is 4.79 Å². The lowest BCUT2D eigenvalue weighted by Crippen LogP contribution is -1.93. The predicted octanol–water partition coefficient (Wildman–Crippen LogP) is 1.41. The third-order valence-corrected chi connectivity index (χ3v) is 1.77. The molecule has 0 saturated heterocycles. The lowest BCUT2D eigenvalue weighted by atomic mass is 10.2. The van der Waals surface area contributed by atoms with Crippen molar-refractivity contribution in [3.63, 3.8) is 0 Å². The van der Waals surface area contributed by atoms with E-state index in [9.17, 15) is 4.79 Å². The monoisotopic (exact) mass is 164 g/mol. The molecule has 0 aliphatic heterocycles. The van der Waals surface area contributed by atoms with Crippen LogP contribution in [-0.2, 0) is 11.8 Å². The summed E-state index contributed by atoms with van der Waals surface area (Å²) < 4.78 is 1.87. The SMILES string of the molecule is CC(=O)C(C)=Cc1cncn1C. The molecule has 0 saturated carbocycles. The van der Waals surface area contributed by atoms with Gasteiger partial charge in [0.05, 0.1) is 18.2 Å². The highest BCUT2D eigenvalue weighted by atomic mass is 16.1. The summed E-state index contributed by atoms with van der Waals surface area (Å²) in [5, 5.41) is 0. The van der Waals surface area contributed by atoms with E-state index in [4.69, 9.17) is 0 Å². The molecular formula is C9H12N2O. The maximum Gasteiger partial charge on any atom is 0.155 e. The summed E-state index contributed by atoms with van der Waals surface area (Å²) in [5.41, 5.74) is 1.70. The predicted molar refractivity (Wildman–Crippen MR) is 47.5 cm³/mol. The van der Waals surface area contributed by atoms with E-state index < -0.39 is 0 Å². The molecule has 3 nitrogen and oxygen atoms in total. The fourth-order valence-corrected chi connectivity index (χ4v) is 0.830. The van der Waals surface area contributed by atoms with Crippen LogP contribution in [0.25, 0.3) is 6.08 Å². The first kappa shape index (κ1) is 8.71. The normalized spacial score (nSPS) is 11.8. The minimum atomic E-state index is 0.0937. The van der Waals surface area contributed by atoms with Gasteiger partial charge in [0, 0.05) is 7.05 Å². The quantitative estimate of drug-likeness (QED) is 0.619. The van der Waals surface area contributed by atoms with Crippen LogP contribution in [0.15, 0.2) is 18.1 Å². The fourth-order valence-electron chi connectivity index (χ4n) is 0.830. The van der Waals surface area contributed by atoms with E-state index >= 15 is 0 Å². The molecule has 1 rings (SSSR count).